The monoisotopic (exact) mass is 351 g/mol. The molecule has 1 aromatic rings. The van der Waals surface area contributed by atoms with Crippen LogP contribution in [0.25, 0.3) is 0 Å². The molecule has 2 N–H and O–H groups in total. The molecule has 0 aromatic heterocycles. The van der Waals surface area contributed by atoms with Crippen LogP contribution >= 0.6 is 12.4 Å². The van der Waals surface area contributed by atoms with Crippen molar-refractivity contribution in [3.63, 3.8) is 0 Å². The van der Waals surface area contributed by atoms with Crippen molar-refractivity contribution in [2.45, 2.75) is 44.7 Å². The van der Waals surface area contributed by atoms with E-state index in [4.69, 9.17) is 5.73 Å². The largest absolute Gasteiger partial charge is 0.331 e. The number of halogens is 1. The summed E-state index contributed by atoms with van der Waals surface area (Å²) in [6.45, 7) is 3.19. The zero-order valence-corrected chi connectivity index (χ0v) is 14.9. The average molecular weight is 352 g/mol. The summed E-state index contributed by atoms with van der Waals surface area (Å²) in [4.78, 5) is 29.2. The van der Waals surface area contributed by atoms with Crippen LogP contribution in [-0.4, -0.2) is 41.9 Å². The molecule has 24 heavy (non-hydrogen) atoms. The maximum Gasteiger partial charge on any atom is 0.249 e. The van der Waals surface area contributed by atoms with Gasteiger partial charge in [-0.3, -0.25) is 9.59 Å². The minimum atomic E-state index is -0.329. The predicted molar refractivity (Wildman–Crippen MR) is 97.2 cm³/mol. The number of carbonyl (C=O) groups excluding carboxylic acids is 2. The van der Waals surface area contributed by atoms with E-state index in [1.165, 1.54) is 0 Å². The molecular formula is C18H26ClN3O2. The van der Waals surface area contributed by atoms with Gasteiger partial charge in [-0.1, -0.05) is 18.2 Å². The molecule has 0 spiro atoms. The number of amides is 2. The van der Waals surface area contributed by atoms with Gasteiger partial charge in [0.2, 0.25) is 11.8 Å². The maximum atomic E-state index is 12.8. The quantitative estimate of drug-likeness (QED) is 0.904. The Labute approximate surface area is 149 Å². The van der Waals surface area contributed by atoms with Gasteiger partial charge in [-0.15, -0.1) is 12.4 Å². The van der Waals surface area contributed by atoms with Gasteiger partial charge in [-0.2, -0.15) is 0 Å². The Morgan fingerprint density at radius 1 is 1.25 bits per heavy atom. The van der Waals surface area contributed by atoms with Gasteiger partial charge in [0.1, 0.15) is 6.04 Å². The van der Waals surface area contributed by atoms with E-state index >= 15 is 0 Å². The fraction of sp³-hybridized carbons (Fsp3) is 0.556. The van der Waals surface area contributed by atoms with Gasteiger partial charge >= 0.3 is 0 Å². The molecular weight excluding hydrogens is 326 g/mol. The van der Waals surface area contributed by atoms with Crippen molar-refractivity contribution in [2.75, 3.05) is 18.0 Å². The second-order valence-corrected chi connectivity index (χ2v) is 6.52. The van der Waals surface area contributed by atoms with E-state index in [1.807, 2.05) is 37.3 Å². The number of hydrogen-bond acceptors (Lipinski definition) is 3. The van der Waals surface area contributed by atoms with Crippen molar-refractivity contribution < 1.29 is 9.59 Å². The van der Waals surface area contributed by atoms with E-state index in [0.29, 0.717) is 19.5 Å². The highest BCUT2D eigenvalue weighted by molar-refractivity contribution is 6.01. The molecule has 3 unspecified atom stereocenters. The molecule has 1 saturated heterocycles. The van der Waals surface area contributed by atoms with Crippen LogP contribution in [0.3, 0.4) is 0 Å². The molecule has 3 rings (SSSR count). The summed E-state index contributed by atoms with van der Waals surface area (Å²) in [5.74, 6) is 0.130. The normalized spacial score (nSPS) is 26.3. The molecule has 1 heterocycles. The van der Waals surface area contributed by atoms with Crippen molar-refractivity contribution in [2.24, 2.45) is 11.7 Å². The third-order valence-electron chi connectivity index (χ3n) is 5.07. The van der Waals surface area contributed by atoms with Crippen molar-refractivity contribution >= 4 is 29.9 Å². The number of rotatable bonds is 4. The summed E-state index contributed by atoms with van der Waals surface area (Å²) in [5, 5.41) is 0. The van der Waals surface area contributed by atoms with Crippen molar-refractivity contribution in [3.05, 3.63) is 30.3 Å². The molecule has 5 nitrogen and oxygen atoms in total. The minimum absolute atomic E-state index is 0. The molecule has 2 aliphatic rings. The SMILES string of the molecule is CCN(C(=O)C1CCC(N)C1)C1CCN(c2ccccc2)C1=O.Cl. The van der Waals surface area contributed by atoms with Crippen molar-refractivity contribution in [1.29, 1.82) is 0 Å². The topological polar surface area (TPSA) is 66.6 Å². The van der Waals surface area contributed by atoms with Crippen molar-refractivity contribution in [1.82, 2.24) is 4.90 Å². The van der Waals surface area contributed by atoms with Crippen LogP contribution < -0.4 is 10.6 Å². The van der Waals surface area contributed by atoms with Crippen LogP contribution in [0.15, 0.2) is 30.3 Å². The molecule has 6 heteroatoms. The molecule has 3 atom stereocenters. The summed E-state index contributed by atoms with van der Waals surface area (Å²) < 4.78 is 0. The smallest absolute Gasteiger partial charge is 0.249 e. The minimum Gasteiger partial charge on any atom is -0.331 e. The highest BCUT2D eigenvalue weighted by Crippen LogP contribution is 2.29. The molecule has 0 bridgehead atoms. The van der Waals surface area contributed by atoms with Crippen LogP contribution in [0.1, 0.15) is 32.6 Å². The van der Waals surface area contributed by atoms with Crippen LogP contribution in [0.5, 0.6) is 0 Å². The number of anilines is 1. The van der Waals surface area contributed by atoms with Gasteiger partial charge in [-0.05, 0) is 44.7 Å². The Bertz CT molecular complexity index is 581. The second kappa shape index (κ2) is 7.99. The maximum absolute atomic E-state index is 12.8. The molecule has 1 aliphatic carbocycles. The predicted octanol–water partition coefficient (Wildman–Crippen LogP) is 2.19. The fourth-order valence-electron chi connectivity index (χ4n) is 3.82. The van der Waals surface area contributed by atoms with E-state index in [0.717, 1.165) is 24.9 Å². The molecule has 132 valence electrons. The molecule has 1 aromatic carbocycles. The Balaban J connectivity index is 0.00000208. The lowest BCUT2D eigenvalue weighted by molar-refractivity contribution is -0.141. The summed E-state index contributed by atoms with van der Waals surface area (Å²) in [5.41, 5.74) is 6.85. The molecule has 2 fully saturated rings. The number of nitrogens with zero attached hydrogens (tertiary/aromatic N) is 2. The highest BCUT2D eigenvalue weighted by Gasteiger charge is 2.41. The van der Waals surface area contributed by atoms with Gasteiger partial charge in [-0.25, -0.2) is 0 Å². The van der Waals surface area contributed by atoms with Gasteiger partial charge in [0.25, 0.3) is 0 Å². The lowest BCUT2D eigenvalue weighted by Crippen LogP contribution is -2.47. The van der Waals surface area contributed by atoms with Crippen LogP contribution in [-0.2, 0) is 9.59 Å². The number of para-hydroxylation sites is 1. The van der Waals surface area contributed by atoms with Gasteiger partial charge in [0, 0.05) is 30.7 Å². The standard InChI is InChI=1S/C18H25N3O2.ClH/c1-2-20(17(22)13-8-9-14(19)12-13)16-10-11-21(18(16)23)15-6-4-3-5-7-15;/h3-7,13-14,16H,2,8-12,19H2,1H3;1H. The number of carbonyl (C=O) groups is 2. The lowest BCUT2D eigenvalue weighted by atomic mass is 10.0. The number of nitrogens with two attached hydrogens (primary N) is 1. The first-order chi connectivity index (χ1) is 11.1. The number of benzene rings is 1. The first kappa shape index (κ1) is 18.7. The Morgan fingerprint density at radius 2 is 1.96 bits per heavy atom. The number of hydrogen-bond donors (Lipinski definition) is 1. The average Bonchev–Trinajstić information content (AvgIpc) is 3.16. The van der Waals surface area contributed by atoms with Gasteiger partial charge < -0.3 is 15.5 Å². The zero-order chi connectivity index (χ0) is 16.4. The summed E-state index contributed by atoms with van der Waals surface area (Å²) in [7, 11) is 0. The Morgan fingerprint density at radius 3 is 2.54 bits per heavy atom. The van der Waals surface area contributed by atoms with Crippen LogP contribution in [0.4, 0.5) is 5.69 Å². The molecule has 1 aliphatic heterocycles. The fourth-order valence-corrected chi connectivity index (χ4v) is 3.82. The Kier molecular flexibility index (Phi) is 6.24. The molecule has 2 amide bonds. The van der Waals surface area contributed by atoms with Crippen LogP contribution in [0.2, 0.25) is 0 Å². The lowest BCUT2D eigenvalue weighted by Gasteiger charge is -2.29. The molecule has 0 radical (unpaired) electrons. The number of likely N-dealkylation sites (N-methyl/N-ethyl adjacent to an activating group) is 1. The Hall–Kier alpha value is -1.59. The van der Waals surface area contributed by atoms with E-state index < -0.39 is 0 Å². The first-order valence-corrected chi connectivity index (χ1v) is 8.54. The van der Waals surface area contributed by atoms with Gasteiger partial charge in [0.15, 0.2) is 0 Å². The van der Waals surface area contributed by atoms with E-state index in [9.17, 15) is 9.59 Å². The first-order valence-electron chi connectivity index (χ1n) is 8.54. The summed E-state index contributed by atoms with van der Waals surface area (Å²) >= 11 is 0. The zero-order valence-electron chi connectivity index (χ0n) is 14.1. The summed E-state index contributed by atoms with van der Waals surface area (Å²) in [6, 6.07) is 9.47. The third-order valence-corrected chi connectivity index (χ3v) is 5.07. The van der Waals surface area contributed by atoms with Crippen LogP contribution in [0, 0.1) is 5.92 Å². The highest BCUT2D eigenvalue weighted by atomic mass is 35.5. The van der Waals surface area contributed by atoms with E-state index in [2.05, 4.69) is 0 Å². The van der Waals surface area contributed by atoms with Gasteiger partial charge in [0.05, 0.1) is 0 Å². The van der Waals surface area contributed by atoms with E-state index in [1.54, 1.807) is 9.80 Å². The van der Waals surface area contributed by atoms with Crippen molar-refractivity contribution in [3.8, 4) is 0 Å². The third kappa shape index (κ3) is 3.57. The summed E-state index contributed by atoms with van der Waals surface area (Å²) in [6.07, 6.45) is 3.20. The van der Waals surface area contributed by atoms with E-state index in [-0.39, 0.29) is 42.2 Å². The second-order valence-electron chi connectivity index (χ2n) is 6.52. The molecule has 1 saturated carbocycles.